The van der Waals surface area contributed by atoms with E-state index in [-0.39, 0.29) is 0 Å². The highest BCUT2D eigenvalue weighted by molar-refractivity contribution is 5.81. The summed E-state index contributed by atoms with van der Waals surface area (Å²) in [6.45, 7) is 2.18. The first-order valence-electron chi connectivity index (χ1n) is 7.38. The fraction of sp³-hybridized carbons (Fsp3) is 0.263. The van der Waals surface area contributed by atoms with Crippen LogP contribution in [-0.4, -0.2) is 5.11 Å². The molecule has 20 heavy (non-hydrogen) atoms. The smallest absolute Gasteiger partial charge is 0.101 e. The van der Waals surface area contributed by atoms with E-state index in [1.165, 1.54) is 16.7 Å². The van der Waals surface area contributed by atoms with Crippen LogP contribution in [0.4, 0.5) is 0 Å². The maximum atomic E-state index is 10.5. The molecule has 0 amide bonds. The van der Waals surface area contributed by atoms with Crippen molar-refractivity contribution in [3.05, 3.63) is 65.2 Å². The molecule has 1 atom stereocenters. The van der Waals surface area contributed by atoms with Gasteiger partial charge in [0.25, 0.3) is 0 Å². The van der Waals surface area contributed by atoms with Gasteiger partial charge in [-0.15, -0.1) is 0 Å². The van der Waals surface area contributed by atoms with Crippen LogP contribution in [0.15, 0.2) is 54.1 Å². The zero-order valence-electron chi connectivity index (χ0n) is 11.8. The Morgan fingerprint density at radius 3 is 2.55 bits per heavy atom. The molecule has 1 heteroatoms. The van der Waals surface area contributed by atoms with Crippen LogP contribution in [0.5, 0.6) is 0 Å². The van der Waals surface area contributed by atoms with Crippen LogP contribution in [0.25, 0.3) is 17.2 Å². The van der Waals surface area contributed by atoms with Crippen molar-refractivity contribution in [2.24, 2.45) is 0 Å². The maximum Gasteiger partial charge on any atom is 0.101 e. The van der Waals surface area contributed by atoms with Crippen LogP contribution in [0.2, 0.25) is 0 Å². The van der Waals surface area contributed by atoms with Gasteiger partial charge in [-0.05, 0) is 40.7 Å². The summed E-state index contributed by atoms with van der Waals surface area (Å²) >= 11 is 0. The summed E-state index contributed by atoms with van der Waals surface area (Å²) in [5.74, 6) is 0. The third kappa shape index (κ3) is 2.30. The molecular formula is C19H20O. The summed E-state index contributed by atoms with van der Waals surface area (Å²) in [5.41, 5.74) is 5.83. The number of aliphatic hydroxyl groups is 1. The van der Waals surface area contributed by atoms with Crippen molar-refractivity contribution in [1.29, 1.82) is 0 Å². The minimum Gasteiger partial charge on any atom is -0.384 e. The van der Waals surface area contributed by atoms with Crippen molar-refractivity contribution < 1.29 is 5.11 Å². The predicted octanol–water partition coefficient (Wildman–Crippen LogP) is 4.97. The summed E-state index contributed by atoms with van der Waals surface area (Å²) < 4.78 is 0. The molecule has 0 heterocycles. The number of aliphatic hydroxyl groups excluding tert-OH is 1. The molecule has 1 nitrogen and oxygen atoms in total. The monoisotopic (exact) mass is 264 g/mol. The lowest BCUT2D eigenvalue weighted by Gasteiger charge is -2.11. The SMILES string of the molecule is CCCCC1=Cc2c(-c3ccccc3)cccc2C1O. The summed E-state index contributed by atoms with van der Waals surface area (Å²) in [7, 11) is 0. The molecule has 0 aromatic heterocycles. The van der Waals surface area contributed by atoms with Crippen molar-refractivity contribution in [1.82, 2.24) is 0 Å². The molecule has 0 saturated heterocycles. The topological polar surface area (TPSA) is 20.2 Å². The van der Waals surface area contributed by atoms with Crippen LogP contribution in [0.1, 0.15) is 43.4 Å². The second kappa shape index (κ2) is 5.64. The minimum absolute atomic E-state index is 0.416. The van der Waals surface area contributed by atoms with Gasteiger partial charge >= 0.3 is 0 Å². The van der Waals surface area contributed by atoms with Crippen LogP contribution >= 0.6 is 0 Å². The van der Waals surface area contributed by atoms with Gasteiger partial charge in [0.1, 0.15) is 6.10 Å². The second-order valence-electron chi connectivity index (χ2n) is 5.40. The van der Waals surface area contributed by atoms with Crippen molar-refractivity contribution >= 4 is 6.08 Å². The molecule has 2 aromatic carbocycles. The Labute approximate surface area is 120 Å². The molecular weight excluding hydrogens is 244 g/mol. The van der Waals surface area contributed by atoms with Crippen LogP contribution in [-0.2, 0) is 0 Å². The number of fused-ring (bicyclic) bond motifs is 1. The Bertz CT molecular complexity index is 625. The van der Waals surface area contributed by atoms with Gasteiger partial charge in [-0.25, -0.2) is 0 Å². The fourth-order valence-electron chi connectivity index (χ4n) is 2.91. The Morgan fingerprint density at radius 2 is 1.80 bits per heavy atom. The van der Waals surface area contributed by atoms with E-state index in [4.69, 9.17) is 0 Å². The maximum absolute atomic E-state index is 10.5. The lowest BCUT2D eigenvalue weighted by atomic mass is 9.96. The van der Waals surface area contributed by atoms with Gasteiger partial charge in [0, 0.05) is 0 Å². The zero-order valence-corrected chi connectivity index (χ0v) is 11.8. The minimum atomic E-state index is -0.416. The van der Waals surface area contributed by atoms with Gasteiger partial charge in [0.2, 0.25) is 0 Å². The zero-order chi connectivity index (χ0) is 13.9. The molecule has 0 radical (unpaired) electrons. The first kappa shape index (κ1) is 13.1. The molecule has 0 spiro atoms. The quantitative estimate of drug-likeness (QED) is 0.826. The Balaban J connectivity index is 2.03. The molecule has 0 bridgehead atoms. The molecule has 102 valence electrons. The van der Waals surface area contributed by atoms with E-state index in [1.54, 1.807) is 0 Å². The Morgan fingerprint density at radius 1 is 1.00 bits per heavy atom. The van der Waals surface area contributed by atoms with Crippen LogP contribution in [0.3, 0.4) is 0 Å². The summed E-state index contributed by atoms with van der Waals surface area (Å²) in [6, 6.07) is 16.6. The van der Waals surface area contributed by atoms with Crippen LogP contribution < -0.4 is 0 Å². The molecule has 3 rings (SSSR count). The molecule has 1 unspecified atom stereocenters. The average Bonchev–Trinajstić information content (AvgIpc) is 2.83. The summed E-state index contributed by atoms with van der Waals surface area (Å²) in [6.07, 6.45) is 5.06. The van der Waals surface area contributed by atoms with Gasteiger partial charge in [-0.3, -0.25) is 0 Å². The number of rotatable bonds is 4. The van der Waals surface area contributed by atoms with Crippen LogP contribution in [0, 0.1) is 0 Å². The van der Waals surface area contributed by atoms with E-state index < -0.39 is 6.10 Å². The van der Waals surface area contributed by atoms with Crippen molar-refractivity contribution in [2.75, 3.05) is 0 Å². The lowest BCUT2D eigenvalue weighted by molar-refractivity contribution is 0.215. The van der Waals surface area contributed by atoms with Gasteiger partial charge in [-0.2, -0.15) is 0 Å². The van der Waals surface area contributed by atoms with Crippen molar-refractivity contribution in [3.63, 3.8) is 0 Å². The third-order valence-corrected chi connectivity index (χ3v) is 4.02. The summed E-state index contributed by atoms with van der Waals surface area (Å²) in [5, 5.41) is 10.5. The number of unbranched alkanes of at least 4 members (excludes halogenated alkanes) is 1. The highest BCUT2D eigenvalue weighted by Gasteiger charge is 2.24. The van der Waals surface area contributed by atoms with Gasteiger partial charge in [0.05, 0.1) is 0 Å². The predicted molar refractivity (Wildman–Crippen MR) is 84.3 cm³/mol. The normalized spacial score (nSPS) is 16.9. The van der Waals surface area contributed by atoms with Gasteiger partial charge < -0.3 is 5.11 Å². The van der Waals surface area contributed by atoms with E-state index in [1.807, 2.05) is 18.2 Å². The van der Waals surface area contributed by atoms with Gasteiger partial charge in [0.15, 0.2) is 0 Å². The molecule has 1 aliphatic rings. The molecule has 2 aromatic rings. The second-order valence-corrected chi connectivity index (χ2v) is 5.40. The van der Waals surface area contributed by atoms with Crippen molar-refractivity contribution in [2.45, 2.75) is 32.3 Å². The number of benzene rings is 2. The average molecular weight is 264 g/mol. The first-order valence-corrected chi connectivity index (χ1v) is 7.38. The van der Waals surface area contributed by atoms with Gasteiger partial charge in [-0.1, -0.05) is 68.0 Å². The molecule has 1 N–H and O–H groups in total. The van der Waals surface area contributed by atoms with E-state index in [0.29, 0.717) is 0 Å². The molecule has 1 aliphatic carbocycles. The highest BCUT2D eigenvalue weighted by atomic mass is 16.3. The molecule has 0 fully saturated rings. The van der Waals surface area contributed by atoms with E-state index in [0.717, 1.165) is 30.4 Å². The standard InChI is InChI=1S/C19H20O/c1-2-3-8-15-13-18-16(14-9-5-4-6-10-14)11-7-12-17(18)19(15)20/h4-7,9-13,19-20H,2-3,8H2,1H3. The lowest BCUT2D eigenvalue weighted by Crippen LogP contribution is -1.97. The first-order chi connectivity index (χ1) is 9.81. The highest BCUT2D eigenvalue weighted by Crippen LogP contribution is 2.41. The number of hydrogen-bond acceptors (Lipinski definition) is 1. The molecule has 0 saturated carbocycles. The molecule has 0 aliphatic heterocycles. The fourth-order valence-corrected chi connectivity index (χ4v) is 2.91. The largest absolute Gasteiger partial charge is 0.384 e. The van der Waals surface area contributed by atoms with E-state index in [9.17, 15) is 5.11 Å². The Kier molecular flexibility index (Phi) is 3.70. The van der Waals surface area contributed by atoms with E-state index >= 15 is 0 Å². The Hall–Kier alpha value is -1.86. The van der Waals surface area contributed by atoms with Crippen molar-refractivity contribution in [3.8, 4) is 11.1 Å². The van der Waals surface area contributed by atoms with E-state index in [2.05, 4.69) is 43.3 Å². The third-order valence-electron chi connectivity index (χ3n) is 4.02. The number of hydrogen-bond donors (Lipinski definition) is 1. The summed E-state index contributed by atoms with van der Waals surface area (Å²) in [4.78, 5) is 0.